The average Bonchev–Trinajstić information content (AvgIpc) is 2.62. The molecule has 0 heterocycles. The number of amides is 2. The van der Waals surface area contributed by atoms with E-state index in [1.807, 2.05) is 61.5 Å². The van der Waals surface area contributed by atoms with Crippen LogP contribution in [0.2, 0.25) is 0 Å². The van der Waals surface area contributed by atoms with Crippen LogP contribution in [0.25, 0.3) is 0 Å². The smallest absolute Gasteiger partial charge is 0.326 e. The summed E-state index contributed by atoms with van der Waals surface area (Å²) in [4.78, 5) is 35.7. The van der Waals surface area contributed by atoms with Gasteiger partial charge >= 0.3 is 5.97 Å². The highest BCUT2D eigenvalue weighted by Crippen LogP contribution is 2.08. The van der Waals surface area contributed by atoms with E-state index in [-0.39, 0.29) is 18.7 Å². The van der Waals surface area contributed by atoms with E-state index in [9.17, 15) is 19.5 Å². The van der Waals surface area contributed by atoms with Crippen LogP contribution >= 0.6 is 0 Å². The molecule has 142 valence electrons. The molecular formula is C21H24N2O4. The summed E-state index contributed by atoms with van der Waals surface area (Å²) in [6.07, 6.45) is 0.447. The lowest BCUT2D eigenvalue weighted by Gasteiger charge is -2.21. The molecule has 2 aromatic rings. The van der Waals surface area contributed by atoms with Gasteiger partial charge in [-0.1, -0.05) is 60.2 Å². The average molecular weight is 368 g/mol. The second-order valence-corrected chi connectivity index (χ2v) is 6.53. The zero-order valence-corrected chi connectivity index (χ0v) is 15.4. The maximum atomic E-state index is 12.7. The van der Waals surface area contributed by atoms with Gasteiger partial charge in [0.25, 0.3) is 0 Å². The summed E-state index contributed by atoms with van der Waals surface area (Å²) < 4.78 is 0. The molecule has 0 radical (unpaired) electrons. The predicted molar refractivity (Wildman–Crippen MR) is 102 cm³/mol. The zero-order chi connectivity index (χ0) is 19.8. The molecule has 0 fully saturated rings. The van der Waals surface area contributed by atoms with E-state index in [0.29, 0.717) is 0 Å². The number of hydrogen-bond donors (Lipinski definition) is 3. The minimum Gasteiger partial charge on any atom is -0.480 e. The first-order valence-electron chi connectivity index (χ1n) is 8.75. The Bertz CT molecular complexity index is 788. The van der Waals surface area contributed by atoms with Crippen molar-refractivity contribution >= 4 is 17.8 Å². The quantitative estimate of drug-likeness (QED) is 0.663. The van der Waals surface area contributed by atoms with Crippen molar-refractivity contribution in [3.8, 4) is 0 Å². The lowest BCUT2D eigenvalue weighted by atomic mass is 10.0. The van der Waals surface area contributed by atoms with Crippen molar-refractivity contribution in [1.29, 1.82) is 0 Å². The van der Waals surface area contributed by atoms with Gasteiger partial charge < -0.3 is 15.7 Å². The third-order valence-electron chi connectivity index (χ3n) is 4.15. The van der Waals surface area contributed by atoms with Gasteiger partial charge in [0.05, 0.1) is 0 Å². The number of rotatable bonds is 8. The number of aryl methyl sites for hydroxylation is 1. The second-order valence-electron chi connectivity index (χ2n) is 6.53. The minimum atomic E-state index is -1.12. The monoisotopic (exact) mass is 368 g/mol. The van der Waals surface area contributed by atoms with E-state index < -0.39 is 24.0 Å². The molecule has 2 atom stereocenters. The molecule has 0 aromatic heterocycles. The number of carboxylic acids is 1. The molecule has 27 heavy (non-hydrogen) atoms. The number of carboxylic acid groups (broad SMARTS) is 1. The van der Waals surface area contributed by atoms with Crippen LogP contribution in [0, 0.1) is 6.92 Å². The Kier molecular flexibility index (Phi) is 7.11. The molecule has 0 saturated heterocycles. The summed E-state index contributed by atoms with van der Waals surface area (Å²) in [7, 11) is 0. The van der Waals surface area contributed by atoms with E-state index in [4.69, 9.17) is 0 Å². The van der Waals surface area contributed by atoms with Gasteiger partial charge in [-0.3, -0.25) is 9.59 Å². The van der Waals surface area contributed by atoms with Crippen molar-refractivity contribution in [2.24, 2.45) is 0 Å². The Morgan fingerprint density at radius 3 is 1.96 bits per heavy atom. The minimum absolute atomic E-state index is 0.166. The van der Waals surface area contributed by atoms with Crippen molar-refractivity contribution in [3.63, 3.8) is 0 Å². The molecule has 0 unspecified atom stereocenters. The Balaban J connectivity index is 2.10. The Labute approximate surface area is 158 Å². The van der Waals surface area contributed by atoms with E-state index in [2.05, 4.69) is 10.6 Å². The van der Waals surface area contributed by atoms with Crippen molar-refractivity contribution in [1.82, 2.24) is 10.6 Å². The summed E-state index contributed by atoms with van der Waals surface area (Å²) in [5.74, 6) is -1.99. The van der Waals surface area contributed by atoms with Gasteiger partial charge in [-0.15, -0.1) is 0 Å². The van der Waals surface area contributed by atoms with Crippen LogP contribution in [0.3, 0.4) is 0 Å². The number of carbonyl (C=O) groups excluding carboxylic acids is 2. The Morgan fingerprint density at radius 2 is 1.41 bits per heavy atom. The summed E-state index contributed by atoms with van der Waals surface area (Å²) >= 11 is 0. The Morgan fingerprint density at radius 1 is 0.852 bits per heavy atom. The van der Waals surface area contributed by atoms with Gasteiger partial charge in [0.1, 0.15) is 12.1 Å². The molecule has 2 amide bonds. The molecule has 0 aliphatic carbocycles. The fourth-order valence-electron chi connectivity index (χ4n) is 2.74. The first-order valence-corrected chi connectivity index (χ1v) is 8.75. The molecule has 6 nitrogen and oxygen atoms in total. The first kappa shape index (κ1) is 20.2. The van der Waals surface area contributed by atoms with Crippen LogP contribution < -0.4 is 10.6 Å². The van der Waals surface area contributed by atoms with Gasteiger partial charge in [-0.25, -0.2) is 4.79 Å². The zero-order valence-electron chi connectivity index (χ0n) is 15.4. The number of nitrogens with one attached hydrogen (secondary N) is 2. The highest BCUT2D eigenvalue weighted by atomic mass is 16.4. The SMILES string of the molecule is CC(=O)N[C@@H](Cc1ccccc1)C(=O)N[C@@H](Cc1ccc(C)cc1)C(=O)O. The van der Waals surface area contributed by atoms with E-state index >= 15 is 0 Å². The van der Waals surface area contributed by atoms with Gasteiger partial charge in [0, 0.05) is 19.8 Å². The molecule has 0 aliphatic rings. The van der Waals surface area contributed by atoms with Crippen LogP contribution in [0.1, 0.15) is 23.6 Å². The maximum absolute atomic E-state index is 12.7. The predicted octanol–water partition coefficient (Wildman–Crippen LogP) is 1.85. The topological polar surface area (TPSA) is 95.5 Å². The lowest BCUT2D eigenvalue weighted by Crippen LogP contribution is -2.52. The highest BCUT2D eigenvalue weighted by molar-refractivity contribution is 5.90. The third-order valence-corrected chi connectivity index (χ3v) is 4.15. The van der Waals surface area contributed by atoms with Crippen LogP contribution in [-0.2, 0) is 27.2 Å². The second kappa shape index (κ2) is 9.52. The largest absolute Gasteiger partial charge is 0.480 e. The van der Waals surface area contributed by atoms with E-state index in [1.165, 1.54) is 6.92 Å². The van der Waals surface area contributed by atoms with Crippen molar-refractivity contribution in [2.45, 2.75) is 38.8 Å². The molecule has 0 saturated carbocycles. The molecule has 0 aliphatic heterocycles. The Hall–Kier alpha value is -3.15. The fourth-order valence-corrected chi connectivity index (χ4v) is 2.74. The first-order chi connectivity index (χ1) is 12.8. The van der Waals surface area contributed by atoms with Gasteiger partial charge in [-0.05, 0) is 18.1 Å². The van der Waals surface area contributed by atoms with Crippen LogP contribution in [0.5, 0.6) is 0 Å². The number of hydrogen-bond acceptors (Lipinski definition) is 3. The van der Waals surface area contributed by atoms with Crippen LogP contribution in [0.15, 0.2) is 54.6 Å². The van der Waals surface area contributed by atoms with Crippen LogP contribution in [0.4, 0.5) is 0 Å². The van der Waals surface area contributed by atoms with E-state index in [0.717, 1.165) is 16.7 Å². The maximum Gasteiger partial charge on any atom is 0.326 e. The third kappa shape index (κ3) is 6.58. The van der Waals surface area contributed by atoms with E-state index in [1.54, 1.807) is 0 Å². The van der Waals surface area contributed by atoms with Gasteiger partial charge in [-0.2, -0.15) is 0 Å². The standard InChI is InChI=1S/C21H24N2O4/c1-14-8-10-17(11-9-14)13-19(21(26)27)23-20(25)18(22-15(2)24)12-16-6-4-3-5-7-16/h3-11,18-19H,12-13H2,1-2H3,(H,22,24)(H,23,25)(H,26,27)/t18-,19-/m0/s1. The molecule has 6 heteroatoms. The number of aliphatic carboxylic acids is 1. The number of benzene rings is 2. The van der Waals surface area contributed by atoms with Crippen molar-refractivity contribution < 1.29 is 19.5 Å². The molecule has 2 aromatic carbocycles. The normalized spacial score (nSPS) is 12.7. The highest BCUT2D eigenvalue weighted by Gasteiger charge is 2.26. The van der Waals surface area contributed by atoms with Gasteiger partial charge in [0.2, 0.25) is 11.8 Å². The molecule has 2 rings (SSSR count). The van der Waals surface area contributed by atoms with Gasteiger partial charge in [0.15, 0.2) is 0 Å². The summed E-state index contributed by atoms with van der Waals surface area (Å²) in [5.41, 5.74) is 2.76. The molecule has 0 spiro atoms. The lowest BCUT2D eigenvalue weighted by molar-refractivity contribution is -0.142. The van der Waals surface area contributed by atoms with Crippen molar-refractivity contribution in [3.05, 3.63) is 71.3 Å². The summed E-state index contributed by atoms with van der Waals surface area (Å²) in [5, 5.41) is 14.6. The van der Waals surface area contributed by atoms with Crippen molar-refractivity contribution in [2.75, 3.05) is 0 Å². The summed E-state index contributed by atoms with van der Waals surface area (Å²) in [6, 6.07) is 14.8. The molecule has 0 bridgehead atoms. The fraction of sp³-hybridized carbons (Fsp3) is 0.286. The summed E-state index contributed by atoms with van der Waals surface area (Å²) in [6.45, 7) is 3.27. The molecule has 3 N–H and O–H groups in total. The van der Waals surface area contributed by atoms with Crippen LogP contribution in [-0.4, -0.2) is 35.0 Å². The molecular weight excluding hydrogens is 344 g/mol. The number of carbonyl (C=O) groups is 3.